The number of carbonyl (C=O) groups is 1. The van der Waals surface area contributed by atoms with Crippen molar-refractivity contribution in [2.45, 2.75) is 18.2 Å². The first-order valence-corrected chi connectivity index (χ1v) is 6.00. The van der Waals surface area contributed by atoms with Gasteiger partial charge in [-0.3, -0.25) is 4.79 Å². The molecule has 1 fully saturated rings. The molecule has 1 unspecified atom stereocenters. The van der Waals surface area contributed by atoms with Crippen molar-refractivity contribution < 1.29 is 27.8 Å². The van der Waals surface area contributed by atoms with Crippen LogP contribution in [0.2, 0.25) is 0 Å². The van der Waals surface area contributed by atoms with Crippen LogP contribution in [0, 0.1) is 0 Å². The van der Waals surface area contributed by atoms with Crippen LogP contribution in [0.4, 0.5) is 13.2 Å². The van der Waals surface area contributed by atoms with E-state index in [1.165, 1.54) is 13.2 Å². The first-order chi connectivity index (χ1) is 9.28. The molecule has 4 nitrogen and oxygen atoms in total. The largest absolute Gasteiger partial charge is 0.496 e. The number of hydrogen-bond acceptors (Lipinski definition) is 3. The molecule has 20 heavy (non-hydrogen) atoms. The van der Waals surface area contributed by atoms with E-state index < -0.39 is 30.7 Å². The SMILES string of the molecule is COc1ccccc1C(=O)N1CCC(O)(C(F)(F)F)C1. The number of halogens is 3. The van der Waals surface area contributed by atoms with Crippen molar-refractivity contribution in [2.75, 3.05) is 20.2 Å². The van der Waals surface area contributed by atoms with Gasteiger partial charge in [0.25, 0.3) is 5.91 Å². The number of aliphatic hydroxyl groups is 1. The zero-order chi connectivity index (χ0) is 15.0. The van der Waals surface area contributed by atoms with Crippen LogP contribution in [0.15, 0.2) is 24.3 Å². The summed E-state index contributed by atoms with van der Waals surface area (Å²) >= 11 is 0. The van der Waals surface area contributed by atoms with Crippen molar-refractivity contribution in [3.8, 4) is 5.75 Å². The Morgan fingerprint density at radius 2 is 2.05 bits per heavy atom. The Morgan fingerprint density at radius 3 is 2.60 bits per heavy atom. The average Bonchev–Trinajstić information content (AvgIpc) is 2.81. The van der Waals surface area contributed by atoms with E-state index >= 15 is 0 Å². The summed E-state index contributed by atoms with van der Waals surface area (Å²) in [5, 5.41) is 9.57. The van der Waals surface area contributed by atoms with Gasteiger partial charge in [-0.1, -0.05) is 12.1 Å². The number of alkyl halides is 3. The number of para-hydroxylation sites is 1. The number of β-amino-alcohol motifs (C(OH)–C–C–N with tert-alkyl or cyclic N) is 1. The van der Waals surface area contributed by atoms with Crippen molar-refractivity contribution in [3.63, 3.8) is 0 Å². The molecule has 0 radical (unpaired) electrons. The topological polar surface area (TPSA) is 49.8 Å². The number of benzene rings is 1. The minimum absolute atomic E-state index is 0.146. The fourth-order valence-corrected chi connectivity index (χ4v) is 2.19. The number of methoxy groups -OCH3 is 1. The quantitative estimate of drug-likeness (QED) is 0.903. The molecule has 110 valence electrons. The van der Waals surface area contributed by atoms with Gasteiger partial charge < -0.3 is 14.7 Å². The Balaban J connectivity index is 2.20. The van der Waals surface area contributed by atoms with Crippen LogP contribution in [-0.2, 0) is 0 Å². The summed E-state index contributed by atoms with van der Waals surface area (Å²) in [4.78, 5) is 13.2. The van der Waals surface area contributed by atoms with Crippen LogP contribution in [0.5, 0.6) is 5.75 Å². The molecule has 7 heteroatoms. The van der Waals surface area contributed by atoms with Gasteiger partial charge >= 0.3 is 6.18 Å². The van der Waals surface area contributed by atoms with Gasteiger partial charge in [0.2, 0.25) is 0 Å². The van der Waals surface area contributed by atoms with E-state index in [0.29, 0.717) is 5.75 Å². The molecule has 1 N–H and O–H groups in total. The fourth-order valence-electron chi connectivity index (χ4n) is 2.19. The third-order valence-electron chi connectivity index (χ3n) is 3.40. The summed E-state index contributed by atoms with van der Waals surface area (Å²) < 4.78 is 43.2. The molecule has 1 amide bonds. The molecule has 1 aromatic rings. The summed E-state index contributed by atoms with van der Waals surface area (Å²) in [6.07, 6.45) is -5.26. The van der Waals surface area contributed by atoms with Crippen molar-refractivity contribution in [1.29, 1.82) is 0 Å². The number of carbonyl (C=O) groups excluding carboxylic acids is 1. The molecule has 0 aliphatic carbocycles. The van der Waals surface area contributed by atoms with Gasteiger partial charge in [0.15, 0.2) is 5.60 Å². The Bertz CT molecular complexity index is 518. The van der Waals surface area contributed by atoms with Gasteiger partial charge in [0.1, 0.15) is 5.75 Å². The van der Waals surface area contributed by atoms with E-state index in [4.69, 9.17) is 4.74 Å². The van der Waals surface area contributed by atoms with Crippen LogP contribution >= 0.6 is 0 Å². The van der Waals surface area contributed by atoms with Crippen LogP contribution in [0.3, 0.4) is 0 Å². The Morgan fingerprint density at radius 1 is 1.40 bits per heavy atom. The number of nitrogens with zero attached hydrogens (tertiary/aromatic N) is 1. The second-order valence-corrected chi connectivity index (χ2v) is 4.71. The minimum atomic E-state index is -4.75. The summed E-state index contributed by atoms with van der Waals surface area (Å²) in [6, 6.07) is 6.29. The number of likely N-dealkylation sites (tertiary alicyclic amines) is 1. The van der Waals surface area contributed by atoms with Crippen LogP contribution in [0.25, 0.3) is 0 Å². The summed E-state index contributed by atoms with van der Waals surface area (Å²) in [7, 11) is 1.38. The van der Waals surface area contributed by atoms with Crippen molar-refractivity contribution in [3.05, 3.63) is 29.8 Å². The van der Waals surface area contributed by atoms with Gasteiger partial charge in [-0.25, -0.2) is 0 Å². The van der Waals surface area contributed by atoms with Gasteiger partial charge in [-0.05, 0) is 12.1 Å². The van der Waals surface area contributed by atoms with E-state index in [0.717, 1.165) is 4.90 Å². The van der Waals surface area contributed by atoms with E-state index in [1.807, 2.05) is 0 Å². The maximum absolute atomic E-state index is 12.7. The highest BCUT2D eigenvalue weighted by molar-refractivity contribution is 5.97. The standard InChI is InChI=1S/C13H14F3NO3/c1-20-10-5-3-2-4-9(10)11(18)17-7-6-12(19,8-17)13(14,15)16/h2-5,19H,6-8H2,1H3. The average molecular weight is 289 g/mol. The van der Waals surface area contributed by atoms with Crippen LogP contribution < -0.4 is 4.74 Å². The molecule has 1 aliphatic rings. The van der Waals surface area contributed by atoms with Gasteiger partial charge in [0, 0.05) is 13.0 Å². The highest BCUT2D eigenvalue weighted by atomic mass is 19.4. The molecule has 1 aromatic carbocycles. The minimum Gasteiger partial charge on any atom is -0.496 e. The lowest BCUT2D eigenvalue weighted by atomic mass is 10.0. The Labute approximate surface area is 113 Å². The number of rotatable bonds is 2. The lowest BCUT2D eigenvalue weighted by molar-refractivity contribution is -0.253. The predicted octanol–water partition coefficient (Wildman–Crippen LogP) is 1.83. The van der Waals surface area contributed by atoms with Crippen molar-refractivity contribution in [2.24, 2.45) is 0 Å². The first kappa shape index (κ1) is 14.6. The normalized spacial score (nSPS) is 22.9. The highest BCUT2D eigenvalue weighted by Crippen LogP contribution is 2.38. The number of hydrogen-bond donors (Lipinski definition) is 1. The third kappa shape index (κ3) is 2.45. The van der Waals surface area contributed by atoms with E-state index in [9.17, 15) is 23.1 Å². The zero-order valence-corrected chi connectivity index (χ0v) is 10.8. The van der Waals surface area contributed by atoms with Gasteiger partial charge in [-0.15, -0.1) is 0 Å². The maximum Gasteiger partial charge on any atom is 0.419 e. The van der Waals surface area contributed by atoms with Gasteiger partial charge in [0.05, 0.1) is 19.2 Å². The molecule has 2 rings (SSSR count). The summed E-state index contributed by atoms with van der Waals surface area (Å²) in [5.74, 6) is -0.289. The molecule has 0 spiro atoms. The van der Waals surface area contributed by atoms with E-state index in [-0.39, 0.29) is 12.1 Å². The molecule has 0 saturated carbocycles. The first-order valence-electron chi connectivity index (χ1n) is 6.00. The van der Waals surface area contributed by atoms with Crippen molar-refractivity contribution in [1.82, 2.24) is 4.90 Å². The molecular formula is C13H14F3NO3. The molecular weight excluding hydrogens is 275 g/mol. The lowest BCUT2D eigenvalue weighted by Gasteiger charge is -2.26. The summed E-state index contributed by atoms with van der Waals surface area (Å²) in [6.45, 7) is -0.903. The molecule has 1 atom stereocenters. The smallest absolute Gasteiger partial charge is 0.419 e. The molecule has 1 aliphatic heterocycles. The fraction of sp³-hybridized carbons (Fsp3) is 0.462. The molecule has 0 bridgehead atoms. The van der Waals surface area contributed by atoms with E-state index in [2.05, 4.69) is 0 Å². The van der Waals surface area contributed by atoms with Crippen molar-refractivity contribution >= 4 is 5.91 Å². The molecule has 0 aromatic heterocycles. The third-order valence-corrected chi connectivity index (χ3v) is 3.40. The monoisotopic (exact) mass is 289 g/mol. The maximum atomic E-state index is 12.7. The lowest BCUT2D eigenvalue weighted by Crippen LogP contribution is -2.48. The Hall–Kier alpha value is -1.76. The molecule has 1 saturated heterocycles. The Kier molecular flexibility index (Phi) is 3.64. The summed E-state index contributed by atoms with van der Waals surface area (Å²) in [5.41, 5.74) is -2.65. The van der Waals surface area contributed by atoms with Gasteiger partial charge in [-0.2, -0.15) is 13.2 Å². The van der Waals surface area contributed by atoms with Crippen LogP contribution in [-0.4, -0.2) is 47.9 Å². The second-order valence-electron chi connectivity index (χ2n) is 4.71. The highest BCUT2D eigenvalue weighted by Gasteiger charge is 2.57. The van der Waals surface area contributed by atoms with Crippen LogP contribution in [0.1, 0.15) is 16.8 Å². The number of amides is 1. The number of ether oxygens (including phenoxy) is 1. The predicted molar refractivity (Wildman–Crippen MR) is 64.5 cm³/mol. The second kappa shape index (κ2) is 4.97. The molecule has 1 heterocycles. The zero-order valence-electron chi connectivity index (χ0n) is 10.8. The van der Waals surface area contributed by atoms with E-state index in [1.54, 1.807) is 18.2 Å².